The van der Waals surface area contributed by atoms with Gasteiger partial charge in [-0.25, -0.2) is 4.57 Å². The first-order chi connectivity index (χ1) is 9.54. The molecule has 1 atom stereocenters. The maximum atomic E-state index is 12.7. The molecular formula is C15H23O3PS. The van der Waals surface area contributed by atoms with Gasteiger partial charge in [-0.15, -0.1) is 6.58 Å². The van der Waals surface area contributed by atoms with Gasteiger partial charge in [0.25, 0.3) is 0 Å². The highest BCUT2D eigenvalue weighted by Gasteiger charge is 2.27. The number of allylic oxidation sites excluding steroid dienone is 1. The van der Waals surface area contributed by atoms with E-state index in [1.165, 1.54) is 11.4 Å². The smallest absolute Gasteiger partial charge is 0.417 e. The molecule has 0 aromatic heterocycles. The molecule has 1 rings (SSSR count). The van der Waals surface area contributed by atoms with Gasteiger partial charge in [0.1, 0.15) is 5.75 Å². The lowest BCUT2D eigenvalue weighted by Gasteiger charge is -2.19. The van der Waals surface area contributed by atoms with Crippen LogP contribution in [0.5, 0.6) is 5.75 Å². The van der Waals surface area contributed by atoms with E-state index in [0.717, 1.165) is 23.3 Å². The third-order valence-electron chi connectivity index (χ3n) is 2.53. The lowest BCUT2D eigenvalue weighted by molar-refractivity contribution is 0.295. The van der Waals surface area contributed by atoms with E-state index >= 15 is 0 Å². The van der Waals surface area contributed by atoms with Crippen molar-refractivity contribution >= 4 is 18.2 Å². The topological polar surface area (TPSA) is 35.5 Å². The fraction of sp³-hybridized carbons (Fsp3) is 0.467. The molecule has 1 aromatic carbocycles. The number of rotatable bonds is 9. The minimum absolute atomic E-state index is 0.372. The first-order valence-electron chi connectivity index (χ1n) is 6.83. The average Bonchev–Trinajstić information content (AvgIpc) is 2.40. The Morgan fingerprint density at radius 3 is 2.75 bits per heavy atom. The number of hydrogen-bond donors (Lipinski definition) is 0. The summed E-state index contributed by atoms with van der Waals surface area (Å²) in [6.45, 7) is 6.86. The van der Waals surface area contributed by atoms with Crippen LogP contribution in [-0.4, -0.2) is 12.4 Å². The first-order valence-corrected chi connectivity index (χ1v) is 9.97. The second kappa shape index (κ2) is 8.56. The van der Waals surface area contributed by atoms with Crippen molar-refractivity contribution in [3.8, 4) is 5.75 Å². The lowest BCUT2D eigenvalue weighted by Crippen LogP contribution is -1.99. The maximum Gasteiger partial charge on any atom is 0.440 e. The highest BCUT2D eigenvalue weighted by Crippen LogP contribution is 2.60. The van der Waals surface area contributed by atoms with Gasteiger partial charge in [0.15, 0.2) is 0 Å². The van der Waals surface area contributed by atoms with Crippen LogP contribution in [0.15, 0.2) is 30.9 Å². The van der Waals surface area contributed by atoms with Gasteiger partial charge in [-0.2, -0.15) is 0 Å². The van der Waals surface area contributed by atoms with E-state index in [1.54, 1.807) is 0 Å². The Hall–Kier alpha value is -0.700. The highest BCUT2D eigenvalue weighted by molar-refractivity contribution is 8.55. The molecule has 0 saturated heterocycles. The molecule has 0 fully saturated rings. The standard InChI is InChI=1S/C15H23O3PS/c1-5-8-14-12-13(4)9-10-15(14)18-19(16,17-7-3)20-11-6-2/h5,9-10,12H,1,6-8,11H2,2-4H3. The minimum Gasteiger partial charge on any atom is -0.417 e. The maximum absolute atomic E-state index is 12.7. The van der Waals surface area contributed by atoms with Crippen molar-refractivity contribution in [3.63, 3.8) is 0 Å². The van der Waals surface area contributed by atoms with Crippen LogP contribution < -0.4 is 4.52 Å². The molecule has 1 aromatic rings. The normalized spacial score (nSPS) is 13.8. The highest BCUT2D eigenvalue weighted by atomic mass is 32.7. The predicted octanol–water partition coefficient (Wildman–Crippen LogP) is 5.39. The molecule has 0 N–H and O–H groups in total. The SMILES string of the molecule is C=CCc1cc(C)ccc1OP(=O)(OCC)SCCC. The van der Waals surface area contributed by atoms with Gasteiger partial charge >= 0.3 is 6.80 Å². The van der Waals surface area contributed by atoms with Gasteiger partial charge < -0.3 is 4.52 Å². The van der Waals surface area contributed by atoms with E-state index in [9.17, 15) is 4.57 Å². The van der Waals surface area contributed by atoms with Crippen molar-refractivity contribution in [1.82, 2.24) is 0 Å². The number of benzene rings is 1. The summed E-state index contributed by atoms with van der Waals surface area (Å²) in [6, 6.07) is 5.83. The molecule has 112 valence electrons. The van der Waals surface area contributed by atoms with E-state index in [4.69, 9.17) is 9.05 Å². The quantitative estimate of drug-likeness (QED) is 0.452. The van der Waals surface area contributed by atoms with Gasteiger partial charge in [-0.3, -0.25) is 4.52 Å². The molecule has 0 spiro atoms. The van der Waals surface area contributed by atoms with E-state index in [1.807, 2.05) is 45.0 Å². The van der Waals surface area contributed by atoms with Crippen LogP contribution in [0, 0.1) is 6.92 Å². The van der Waals surface area contributed by atoms with Crippen LogP contribution >= 0.6 is 18.2 Å². The molecule has 0 radical (unpaired) electrons. The van der Waals surface area contributed by atoms with E-state index < -0.39 is 6.80 Å². The van der Waals surface area contributed by atoms with Crippen LogP contribution in [0.1, 0.15) is 31.4 Å². The van der Waals surface area contributed by atoms with Gasteiger partial charge in [0, 0.05) is 5.75 Å². The monoisotopic (exact) mass is 314 g/mol. The Kier molecular flexibility index (Phi) is 7.42. The van der Waals surface area contributed by atoms with Crippen molar-refractivity contribution in [1.29, 1.82) is 0 Å². The third kappa shape index (κ3) is 5.35. The van der Waals surface area contributed by atoms with Crippen LogP contribution in [0.4, 0.5) is 0 Å². The summed E-state index contributed by atoms with van der Waals surface area (Å²) in [5, 5.41) is 0. The molecular weight excluding hydrogens is 291 g/mol. The molecule has 5 heteroatoms. The van der Waals surface area contributed by atoms with Crippen LogP contribution in [0.25, 0.3) is 0 Å². The van der Waals surface area contributed by atoms with Crippen molar-refractivity contribution in [2.45, 2.75) is 33.6 Å². The second-order valence-corrected chi connectivity index (χ2v) is 8.51. The summed E-state index contributed by atoms with van der Waals surface area (Å²) in [5.41, 5.74) is 2.12. The van der Waals surface area contributed by atoms with Gasteiger partial charge in [-0.05, 0) is 49.7 Å². The largest absolute Gasteiger partial charge is 0.440 e. The molecule has 0 aliphatic heterocycles. The summed E-state index contributed by atoms with van der Waals surface area (Å²) in [5.74, 6) is 1.37. The molecule has 0 amide bonds. The Morgan fingerprint density at radius 2 is 2.15 bits per heavy atom. The average molecular weight is 314 g/mol. The lowest BCUT2D eigenvalue weighted by atomic mass is 10.1. The molecule has 0 bridgehead atoms. The Labute approximate surface area is 126 Å². The molecule has 0 aliphatic carbocycles. The minimum atomic E-state index is -3.14. The van der Waals surface area contributed by atoms with E-state index in [0.29, 0.717) is 18.8 Å². The Bertz CT molecular complexity index is 488. The zero-order valence-corrected chi connectivity index (χ0v) is 14.1. The molecule has 0 heterocycles. The van der Waals surface area contributed by atoms with E-state index in [2.05, 4.69) is 6.58 Å². The molecule has 0 saturated carbocycles. The summed E-state index contributed by atoms with van der Waals surface area (Å²) >= 11 is 1.26. The van der Waals surface area contributed by atoms with E-state index in [-0.39, 0.29) is 0 Å². The van der Waals surface area contributed by atoms with Crippen molar-refractivity contribution < 1.29 is 13.6 Å². The zero-order chi connectivity index (χ0) is 15.0. The van der Waals surface area contributed by atoms with Crippen LogP contribution in [0.2, 0.25) is 0 Å². The number of hydrogen-bond acceptors (Lipinski definition) is 4. The summed E-state index contributed by atoms with van der Waals surface area (Å²) in [6.07, 6.45) is 3.42. The van der Waals surface area contributed by atoms with Crippen LogP contribution in [-0.2, 0) is 15.5 Å². The third-order valence-corrected chi connectivity index (χ3v) is 6.47. The summed E-state index contributed by atoms with van der Waals surface area (Å²) < 4.78 is 23.8. The van der Waals surface area contributed by atoms with Crippen molar-refractivity contribution in [2.75, 3.05) is 12.4 Å². The second-order valence-electron chi connectivity index (χ2n) is 4.39. The Morgan fingerprint density at radius 1 is 1.40 bits per heavy atom. The predicted molar refractivity (Wildman–Crippen MR) is 87.7 cm³/mol. The molecule has 3 nitrogen and oxygen atoms in total. The van der Waals surface area contributed by atoms with Gasteiger partial charge in [0.2, 0.25) is 0 Å². The van der Waals surface area contributed by atoms with Gasteiger partial charge in [-0.1, -0.05) is 30.7 Å². The molecule has 20 heavy (non-hydrogen) atoms. The Balaban J connectivity index is 2.97. The van der Waals surface area contributed by atoms with Gasteiger partial charge in [0.05, 0.1) is 6.61 Å². The molecule has 0 aliphatic rings. The fourth-order valence-electron chi connectivity index (χ4n) is 1.68. The number of aryl methyl sites for hydroxylation is 1. The summed E-state index contributed by atoms with van der Waals surface area (Å²) in [4.78, 5) is 0. The fourth-order valence-corrected chi connectivity index (χ4v) is 5.16. The van der Waals surface area contributed by atoms with Crippen molar-refractivity contribution in [3.05, 3.63) is 42.0 Å². The summed E-state index contributed by atoms with van der Waals surface area (Å²) in [7, 11) is 0. The van der Waals surface area contributed by atoms with Crippen molar-refractivity contribution in [2.24, 2.45) is 0 Å². The first kappa shape index (κ1) is 17.4. The van der Waals surface area contributed by atoms with Crippen LogP contribution in [0.3, 0.4) is 0 Å². The zero-order valence-electron chi connectivity index (χ0n) is 12.4. The molecule has 1 unspecified atom stereocenters.